The molecule has 148 valence electrons. The van der Waals surface area contributed by atoms with E-state index in [0.29, 0.717) is 3.57 Å². The molecule has 0 amide bonds. The summed E-state index contributed by atoms with van der Waals surface area (Å²) < 4.78 is 72.4. The summed E-state index contributed by atoms with van der Waals surface area (Å²) in [5.41, 5.74) is -1.57. The van der Waals surface area contributed by atoms with Crippen molar-refractivity contribution in [2.75, 3.05) is 5.32 Å². The Labute approximate surface area is 175 Å². The Morgan fingerprint density at radius 3 is 2.45 bits per heavy atom. The first-order valence-corrected chi connectivity index (χ1v) is 8.93. The molecule has 10 heteroatoms. The van der Waals surface area contributed by atoms with Crippen LogP contribution >= 0.6 is 22.6 Å². The number of halogens is 6. The van der Waals surface area contributed by atoms with Crippen molar-refractivity contribution < 1.29 is 26.7 Å². The number of nitriles is 1. The average molecular weight is 517 g/mol. The highest BCUT2D eigenvalue weighted by Gasteiger charge is 2.32. The molecule has 3 aromatic rings. The van der Waals surface area contributed by atoms with E-state index in [1.807, 2.05) is 22.6 Å². The summed E-state index contributed by atoms with van der Waals surface area (Å²) in [6.07, 6.45) is -4.70. The topological polar surface area (TPSA) is 57.9 Å². The predicted molar refractivity (Wildman–Crippen MR) is 103 cm³/mol. The van der Waals surface area contributed by atoms with E-state index in [1.165, 1.54) is 12.1 Å². The van der Waals surface area contributed by atoms with Crippen LogP contribution in [0, 0.1) is 26.5 Å². The number of aromatic nitrogens is 1. The summed E-state index contributed by atoms with van der Waals surface area (Å²) in [4.78, 5) is 3.32. The Hall–Kier alpha value is -2.94. The third-order valence-electron chi connectivity index (χ3n) is 3.61. The smallest absolute Gasteiger partial charge is 0.433 e. The van der Waals surface area contributed by atoms with E-state index in [4.69, 9.17) is 4.74 Å². The van der Waals surface area contributed by atoms with Gasteiger partial charge in [0, 0.05) is 15.7 Å². The van der Waals surface area contributed by atoms with Crippen molar-refractivity contribution in [1.82, 2.24) is 4.98 Å². The van der Waals surface area contributed by atoms with Gasteiger partial charge in [0.1, 0.15) is 29.0 Å². The van der Waals surface area contributed by atoms with Crippen LogP contribution in [0.2, 0.25) is 0 Å². The Morgan fingerprint density at radius 2 is 1.79 bits per heavy atom. The minimum absolute atomic E-state index is 0.0179. The summed E-state index contributed by atoms with van der Waals surface area (Å²) in [5, 5.41) is 12.1. The maximum Gasteiger partial charge on any atom is 0.433 e. The number of ether oxygens (including phenoxy) is 1. The highest BCUT2D eigenvalue weighted by Crippen LogP contribution is 2.34. The van der Waals surface area contributed by atoms with E-state index in [0.717, 1.165) is 30.3 Å². The van der Waals surface area contributed by atoms with Crippen LogP contribution in [0.3, 0.4) is 0 Å². The Kier molecular flexibility index (Phi) is 5.88. The lowest BCUT2D eigenvalue weighted by atomic mass is 10.1. The molecule has 4 nitrogen and oxygen atoms in total. The van der Waals surface area contributed by atoms with E-state index in [9.17, 15) is 27.2 Å². The number of nitrogens with zero attached hydrogens (tertiary/aromatic N) is 2. The fourth-order valence-corrected chi connectivity index (χ4v) is 2.81. The van der Waals surface area contributed by atoms with Crippen LogP contribution in [0.25, 0.3) is 0 Å². The summed E-state index contributed by atoms with van der Waals surface area (Å²) in [6, 6.07) is 10.7. The summed E-state index contributed by atoms with van der Waals surface area (Å²) in [7, 11) is 0. The van der Waals surface area contributed by atoms with Crippen LogP contribution in [0.4, 0.5) is 33.3 Å². The van der Waals surface area contributed by atoms with Gasteiger partial charge in [-0.15, -0.1) is 0 Å². The van der Waals surface area contributed by atoms with Crippen LogP contribution in [-0.2, 0) is 6.18 Å². The maximum atomic E-state index is 14.1. The van der Waals surface area contributed by atoms with Crippen LogP contribution < -0.4 is 10.1 Å². The Morgan fingerprint density at radius 1 is 1.03 bits per heavy atom. The van der Waals surface area contributed by atoms with Gasteiger partial charge in [0.05, 0.1) is 11.4 Å². The lowest BCUT2D eigenvalue weighted by Crippen LogP contribution is -2.08. The zero-order valence-electron chi connectivity index (χ0n) is 14.2. The largest absolute Gasteiger partial charge is 0.437 e. The monoisotopic (exact) mass is 517 g/mol. The van der Waals surface area contributed by atoms with E-state index >= 15 is 0 Å². The first kappa shape index (κ1) is 20.8. The van der Waals surface area contributed by atoms with Gasteiger partial charge in [0.15, 0.2) is 5.75 Å². The lowest BCUT2D eigenvalue weighted by molar-refractivity contribution is -0.141. The Bertz CT molecular complexity index is 1110. The van der Waals surface area contributed by atoms with Crippen molar-refractivity contribution in [2.24, 2.45) is 0 Å². The third-order valence-corrected chi connectivity index (χ3v) is 4.28. The molecular formula is C19H9F5IN3O. The molecule has 0 saturated heterocycles. The van der Waals surface area contributed by atoms with Gasteiger partial charge in [-0.2, -0.15) is 18.4 Å². The van der Waals surface area contributed by atoms with Crippen molar-refractivity contribution >= 4 is 34.0 Å². The van der Waals surface area contributed by atoms with Gasteiger partial charge in [-0.25, -0.2) is 13.8 Å². The van der Waals surface area contributed by atoms with Crippen molar-refractivity contribution in [1.29, 1.82) is 5.26 Å². The predicted octanol–water partition coefficient (Wildman–Crippen LogP) is 6.39. The molecule has 0 saturated carbocycles. The van der Waals surface area contributed by atoms with Gasteiger partial charge in [-0.3, -0.25) is 0 Å². The number of pyridine rings is 1. The van der Waals surface area contributed by atoms with Crippen molar-refractivity contribution in [3.05, 3.63) is 75.0 Å². The van der Waals surface area contributed by atoms with E-state index in [2.05, 4.69) is 10.3 Å². The SMILES string of the molecule is N#Cc1c(Nc2ccc(I)cc2F)cc(F)cc1Oc1cccc(C(F)(F)F)n1. The molecule has 0 atom stereocenters. The van der Waals surface area contributed by atoms with Gasteiger partial charge in [-0.1, -0.05) is 6.07 Å². The molecule has 2 aromatic carbocycles. The molecule has 29 heavy (non-hydrogen) atoms. The minimum atomic E-state index is -4.70. The number of rotatable bonds is 4. The number of hydrogen-bond donors (Lipinski definition) is 1. The summed E-state index contributed by atoms with van der Waals surface area (Å²) in [6.45, 7) is 0. The van der Waals surface area contributed by atoms with Crippen molar-refractivity contribution in [3.8, 4) is 17.7 Å². The molecule has 0 radical (unpaired) electrons. The van der Waals surface area contributed by atoms with Gasteiger partial charge < -0.3 is 10.1 Å². The van der Waals surface area contributed by atoms with E-state index in [-0.39, 0.29) is 22.7 Å². The second kappa shape index (κ2) is 8.20. The normalized spacial score (nSPS) is 11.1. The number of nitrogens with one attached hydrogen (secondary N) is 1. The third kappa shape index (κ3) is 4.92. The number of alkyl halides is 3. The molecule has 0 aliphatic carbocycles. The second-order valence-electron chi connectivity index (χ2n) is 5.65. The molecule has 0 fully saturated rings. The van der Waals surface area contributed by atoms with Crippen LogP contribution in [0.5, 0.6) is 11.6 Å². The standard InChI is InChI=1S/C19H9F5IN3O/c20-10-6-15(27-14-5-4-11(25)8-13(14)21)12(9-26)16(7-10)29-18-3-1-2-17(28-18)19(22,23)24/h1-8,27H. The van der Waals surface area contributed by atoms with Gasteiger partial charge in [0.25, 0.3) is 0 Å². The fraction of sp³-hybridized carbons (Fsp3) is 0.0526. The quantitative estimate of drug-likeness (QED) is 0.322. The number of benzene rings is 2. The molecule has 0 bridgehead atoms. The summed E-state index contributed by atoms with van der Waals surface area (Å²) >= 11 is 1.91. The molecule has 3 rings (SSSR count). The zero-order chi connectivity index (χ0) is 21.2. The highest BCUT2D eigenvalue weighted by atomic mass is 127. The lowest BCUT2D eigenvalue weighted by Gasteiger charge is -2.14. The molecule has 0 aliphatic rings. The van der Waals surface area contributed by atoms with Crippen LogP contribution in [-0.4, -0.2) is 4.98 Å². The molecule has 1 aromatic heterocycles. The van der Waals surface area contributed by atoms with Crippen molar-refractivity contribution in [3.63, 3.8) is 0 Å². The maximum absolute atomic E-state index is 14.1. The molecule has 1 heterocycles. The second-order valence-corrected chi connectivity index (χ2v) is 6.89. The first-order valence-electron chi connectivity index (χ1n) is 7.85. The summed E-state index contributed by atoms with van der Waals surface area (Å²) in [5.74, 6) is -2.33. The number of anilines is 2. The number of hydrogen-bond acceptors (Lipinski definition) is 4. The van der Waals surface area contributed by atoms with Gasteiger partial charge >= 0.3 is 6.18 Å². The molecule has 0 spiro atoms. The van der Waals surface area contributed by atoms with Crippen LogP contribution in [0.1, 0.15) is 11.3 Å². The average Bonchev–Trinajstić information content (AvgIpc) is 2.63. The Balaban J connectivity index is 2.00. The van der Waals surface area contributed by atoms with Gasteiger partial charge in [-0.05, 0) is 52.9 Å². The van der Waals surface area contributed by atoms with E-state index < -0.39 is 29.4 Å². The molecule has 0 aliphatic heterocycles. The fourth-order valence-electron chi connectivity index (χ4n) is 2.35. The van der Waals surface area contributed by atoms with Crippen molar-refractivity contribution in [2.45, 2.75) is 6.18 Å². The van der Waals surface area contributed by atoms with Crippen LogP contribution in [0.15, 0.2) is 48.5 Å². The zero-order valence-corrected chi connectivity index (χ0v) is 16.3. The first-order chi connectivity index (χ1) is 13.7. The molecule has 1 N–H and O–H groups in total. The van der Waals surface area contributed by atoms with E-state index in [1.54, 1.807) is 12.1 Å². The minimum Gasteiger partial charge on any atom is -0.437 e. The molecule has 0 unspecified atom stereocenters. The molecular weight excluding hydrogens is 508 g/mol. The highest BCUT2D eigenvalue weighted by molar-refractivity contribution is 14.1. The van der Waals surface area contributed by atoms with Gasteiger partial charge in [0.2, 0.25) is 5.88 Å².